The third-order valence-electron chi connectivity index (χ3n) is 3.43. The molecule has 3 atom stereocenters. The molecule has 110 valence electrons. The van der Waals surface area contributed by atoms with E-state index in [2.05, 4.69) is 0 Å². The van der Waals surface area contributed by atoms with E-state index in [-0.39, 0.29) is 6.61 Å². The highest BCUT2D eigenvalue weighted by molar-refractivity contribution is 6.35. The van der Waals surface area contributed by atoms with Crippen LogP contribution in [0.25, 0.3) is 0 Å². The fraction of sp³-hybridized carbons (Fsp3) is 0.250. The van der Waals surface area contributed by atoms with E-state index in [1.165, 1.54) is 0 Å². The number of aliphatic hydroxyl groups is 1. The lowest BCUT2D eigenvalue weighted by Gasteiger charge is -2.16. The van der Waals surface area contributed by atoms with Gasteiger partial charge < -0.3 is 14.6 Å². The SMILES string of the molecule is OCC1OC(c2ccccc2)OC1c1ccc(Cl)cc1Cl. The molecule has 0 saturated carbocycles. The number of rotatable bonds is 3. The summed E-state index contributed by atoms with van der Waals surface area (Å²) in [4.78, 5) is 0. The van der Waals surface area contributed by atoms with E-state index in [9.17, 15) is 5.11 Å². The molecular formula is C16H14Cl2O3. The largest absolute Gasteiger partial charge is 0.394 e. The van der Waals surface area contributed by atoms with Crippen LogP contribution in [-0.2, 0) is 9.47 Å². The van der Waals surface area contributed by atoms with E-state index < -0.39 is 18.5 Å². The summed E-state index contributed by atoms with van der Waals surface area (Å²) in [5.41, 5.74) is 1.67. The zero-order chi connectivity index (χ0) is 14.8. The minimum Gasteiger partial charge on any atom is -0.394 e. The first-order chi connectivity index (χ1) is 10.2. The number of ether oxygens (including phenoxy) is 2. The summed E-state index contributed by atoms with van der Waals surface area (Å²) in [5.74, 6) is 0. The maximum absolute atomic E-state index is 9.53. The third kappa shape index (κ3) is 3.07. The highest BCUT2D eigenvalue weighted by Crippen LogP contribution is 2.42. The van der Waals surface area contributed by atoms with Gasteiger partial charge in [0.2, 0.25) is 0 Å². The average molecular weight is 325 g/mol. The van der Waals surface area contributed by atoms with Crippen molar-refractivity contribution in [2.75, 3.05) is 6.61 Å². The standard InChI is InChI=1S/C16H14Cl2O3/c17-11-6-7-12(13(18)8-11)15-14(9-19)20-16(21-15)10-4-2-1-3-5-10/h1-8,14-16,19H,9H2. The molecular weight excluding hydrogens is 311 g/mol. The molecule has 1 saturated heterocycles. The molecule has 1 fully saturated rings. The van der Waals surface area contributed by atoms with Crippen LogP contribution in [0.5, 0.6) is 0 Å². The molecule has 0 radical (unpaired) electrons. The minimum absolute atomic E-state index is 0.146. The van der Waals surface area contributed by atoms with Gasteiger partial charge in [0.1, 0.15) is 12.2 Å². The first-order valence-electron chi connectivity index (χ1n) is 6.60. The van der Waals surface area contributed by atoms with E-state index >= 15 is 0 Å². The van der Waals surface area contributed by atoms with Crippen LogP contribution in [-0.4, -0.2) is 17.8 Å². The predicted molar refractivity (Wildman–Crippen MR) is 81.4 cm³/mol. The second-order valence-corrected chi connectivity index (χ2v) is 5.67. The van der Waals surface area contributed by atoms with Crippen molar-refractivity contribution in [1.82, 2.24) is 0 Å². The fourth-order valence-corrected chi connectivity index (χ4v) is 2.91. The maximum atomic E-state index is 9.53. The molecule has 2 aromatic rings. The molecule has 0 aliphatic carbocycles. The van der Waals surface area contributed by atoms with Gasteiger partial charge in [0.05, 0.1) is 6.61 Å². The zero-order valence-corrected chi connectivity index (χ0v) is 12.6. The van der Waals surface area contributed by atoms with Gasteiger partial charge in [-0.25, -0.2) is 0 Å². The van der Waals surface area contributed by atoms with Gasteiger partial charge in [-0.05, 0) is 12.1 Å². The molecule has 21 heavy (non-hydrogen) atoms. The molecule has 3 nitrogen and oxygen atoms in total. The molecule has 1 aliphatic rings. The lowest BCUT2D eigenvalue weighted by molar-refractivity contribution is -0.0739. The number of hydrogen-bond donors (Lipinski definition) is 1. The summed E-state index contributed by atoms with van der Waals surface area (Å²) in [6.07, 6.45) is -1.40. The van der Waals surface area contributed by atoms with Crippen molar-refractivity contribution >= 4 is 23.2 Å². The van der Waals surface area contributed by atoms with Gasteiger partial charge in [0, 0.05) is 21.2 Å². The van der Waals surface area contributed by atoms with Crippen molar-refractivity contribution in [3.63, 3.8) is 0 Å². The van der Waals surface area contributed by atoms with E-state index in [1.54, 1.807) is 18.2 Å². The van der Waals surface area contributed by atoms with E-state index in [4.69, 9.17) is 32.7 Å². The number of halogens is 2. The molecule has 1 heterocycles. The third-order valence-corrected chi connectivity index (χ3v) is 3.99. The summed E-state index contributed by atoms with van der Waals surface area (Å²) >= 11 is 12.1. The minimum atomic E-state index is -0.514. The molecule has 5 heteroatoms. The van der Waals surface area contributed by atoms with Gasteiger partial charge in [-0.15, -0.1) is 0 Å². The van der Waals surface area contributed by atoms with Crippen molar-refractivity contribution in [2.24, 2.45) is 0 Å². The Bertz CT molecular complexity index is 618. The topological polar surface area (TPSA) is 38.7 Å². The van der Waals surface area contributed by atoms with Crippen molar-refractivity contribution < 1.29 is 14.6 Å². The zero-order valence-electron chi connectivity index (χ0n) is 11.1. The number of benzene rings is 2. The smallest absolute Gasteiger partial charge is 0.185 e. The molecule has 0 spiro atoms. The lowest BCUT2D eigenvalue weighted by atomic mass is 10.1. The van der Waals surface area contributed by atoms with Gasteiger partial charge in [-0.1, -0.05) is 59.6 Å². The number of hydrogen-bond acceptors (Lipinski definition) is 3. The molecule has 3 unspecified atom stereocenters. The molecule has 0 bridgehead atoms. The Morgan fingerprint density at radius 1 is 1.00 bits per heavy atom. The Labute approximate surface area is 133 Å². The van der Waals surface area contributed by atoms with Crippen LogP contribution in [0.2, 0.25) is 10.0 Å². The van der Waals surface area contributed by atoms with E-state index in [0.29, 0.717) is 10.0 Å². The molecule has 3 rings (SSSR count). The van der Waals surface area contributed by atoms with E-state index in [1.807, 2.05) is 30.3 Å². The second-order valence-electron chi connectivity index (χ2n) is 4.82. The fourth-order valence-electron chi connectivity index (χ4n) is 2.39. The Hall–Kier alpha value is -1.10. The number of aliphatic hydroxyl groups excluding tert-OH is 1. The van der Waals surface area contributed by atoms with Gasteiger partial charge in [-0.3, -0.25) is 0 Å². The summed E-state index contributed by atoms with van der Waals surface area (Å²) < 4.78 is 11.7. The van der Waals surface area contributed by atoms with Crippen LogP contribution in [0.4, 0.5) is 0 Å². The van der Waals surface area contributed by atoms with Gasteiger partial charge in [-0.2, -0.15) is 0 Å². The van der Waals surface area contributed by atoms with Crippen LogP contribution < -0.4 is 0 Å². The normalized spacial score (nSPS) is 25.2. The van der Waals surface area contributed by atoms with Crippen molar-refractivity contribution in [3.05, 3.63) is 69.7 Å². The van der Waals surface area contributed by atoms with Gasteiger partial charge in [0.25, 0.3) is 0 Å². The first-order valence-corrected chi connectivity index (χ1v) is 7.36. The molecule has 1 aliphatic heterocycles. The Kier molecular flexibility index (Phi) is 4.48. The Balaban J connectivity index is 1.88. The predicted octanol–water partition coefficient (Wildman–Crippen LogP) is 4.14. The van der Waals surface area contributed by atoms with Crippen molar-refractivity contribution in [3.8, 4) is 0 Å². The van der Waals surface area contributed by atoms with Crippen LogP contribution in [0.15, 0.2) is 48.5 Å². The maximum Gasteiger partial charge on any atom is 0.185 e. The van der Waals surface area contributed by atoms with Crippen LogP contribution in [0.3, 0.4) is 0 Å². The van der Waals surface area contributed by atoms with Crippen molar-refractivity contribution in [1.29, 1.82) is 0 Å². The first kappa shape index (κ1) is 14.8. The van der Waals surface area contributed by atoms with Crippen molar-refractivity contribution in [2.45, 2.75) is 18.5 Å². The summed E-state index contributed by atoms with van der Waals surface area (Å²) in [6, 6.07) is 14.8. The van der Waals surface area contributed by atoms with Crippen LogP contribution >= 0.6 is 23.2 Å². The average Bonchev–Trinajstić information content (AvgIpc) is 2.92. The molecule has 0 aromatic heterocycles. The lowest BCUT2D eigenvalue weighted by Crippen LogP contribution is -2.19. The van der Waals surface area contributed by atoms with E-state index in [0.717, 1.165) is 11.1 Å². The highest BCUT2D eigenvalue weighted by Gasteiger charge is 2.38. The summed E-state index contributed by atoms with van der Waals surface area (Å²) in [6.45, 7) is -0.146. The second kappa shape index (κ2) is 6.34. The van der Waals surface area contributed by atoms with Gasteiger partial charge >= 0.3 is 0 Å². The monoisotopic (exact) mass is 324 g/mol. The molecule has 1 N–H and O–H groups in total. The van der Waals surface area contributed by atoms with Crippen LogP contribution in [0.1, 0.15) is 23.5 Å². The van der Waals surface area contributed by atoms with Crippen LogP contribution in [0, 0.1) is 0 Å². The molecule has 0 amide bonds. The summed E-state index contributed by atoms with van der Waals surface area (Å²) in [5, 5.41) is 10.6. The quantitative estimate of drug-likeness (QED) is 0.922. The Morgan fingerprint density at radius 2 is 1.76 bits per heavy atom. The molecule has 2 aromatic carbocycles. The van der Waals surface area contributed by atoms with Gasteiger partial charge in [0.15, 0.2) is 6.29 Å². The Morgan fingerprint density at radius 3 is 2.43 bits per heavy atom. The summed E-state index contributed by atoms with van der Waals surface area (Å²) in [7, 11) is 0. The highest BCUT2D eigenvalue weighted by atomic mass is 35.5.